The maximum absolute atomic E-state index is 9.24. The molecule has 0 saturated carbocycles. The molecule has 0 N–H and O–H groups in total. The van der Waals surface area contributed by atoms with Gasteiger partial charge in [0.15, 0.2) is 0 Å². The van der Waals surface area contributed by atoms with Gasteiger partial charge < -0.3 is 18.9 Å². The summed E-state index contributed by atoms with van der Waals surface area (Å²) in [6.07, 6.45) is 0. The molecule has 0 spiro atoms. The van der Waals surface area contributed by atoms with Gasteiger partial charge in [-0.15, -0.1) is 0 Å². The zero-order valence-corrected chi connectivity index (χ0v) is 32.9. The number of hydrogen-bond donors (Lipinski definition) is 0. The SMILES string of the molecule is N#Cc1ccc(Oc2ccc(C(=C(c3ccc(Oc4ccc(C#N)cc4)cc3)c3ccc(Oc4ccc(C#N)cc4)cc3)c3ccc(Oc4ccc(C#N)cc4)cc3)cc2)cc1. The fraction of sp³-hybridized carbons (Fsp3) is 0. The molecule has 0 aliphatic rings. The van der Waals surface area contributed by atoms with E-state index in [0.717, 1.165) is 33.4 Å². The van der Waals surface area contributed by atoms with E-state index in [-0.39, 0.29) is 0 Å². The van der Waals surface area contributed by atoms with E-state index in [1.54, 1.807) is 97.1 Å². The third-order valence-electron chi connectivity index (χ3n) is 9.70. The van der Waals surface area contributed by atoms with Crippen molar-refractivity contribution < 1.29 is 18.9 Å². The second-order valence-corrected chi connectivity index (χ2v) is 13.8. The second kappa shape index (κ2) is 18.5. The van der Waals surface area contributed by atoms with Crippen molar-refractivity contribution in [3.63, 3.8) is 0 Å². The lowest BCUT2D eigenvalue weighted by atomic mass is 9.85. The Balaban J connectivity index is 1.22. The van der Waals surface area contributed by atoms with Crippen LogP contribution < -0.4 is 18.9 Å². The summed E-state index contributed by atoms with van der Waals surface area (Å²) in [6.45, 7) is 0. The topological polar surface area (TPSA) is 132 Å². The highest BCUT2D eigenvalue weighted by atomic mass is 16.5. The highest BCUT2D eigenvalue weighted by molar-refractivity contribution is 6.04. The Hall–Kier alpha value is -9.34. The summed E-state index contributed by atoms with van der Waals surface area (Å²) >= 11 is 0. The first kappa shape index (κ1) is 39.5. The Morgan fingerprint density at radius 3 is 0.516 bits per heavy atom. The summed E-state index contributed by atoms with van der Waals surface area (Å²) in [5.41, 5.74) is 7.65. The summed E-state index contributed by atoms with van der Waals surface area (Å²) in [7, 11) is 0. The normalized spacial score (nSPS) is 10.2. The molecule has 8 aromatic rings. The van der Waals surface area contributed by atoms with E-state index in [1.165, 1.54) is 0 Å². The smallest absolute Gasteiger partial charge is 0.127 e. The van der Waals surface area contributed by atoms with Crippen molar-refractivity contribution in [3.8, 4) is 70.3 Å². The van der Waals surface area contributed by atoms with Crippen molar-refractivity contribution in [2.45, 2.75) is 0 Å². The quantitative estimate of drug-likeness (QED) is 0.112. The monoisotopic (exact) mass is 800 g/mol. The Morgan fingerprint density at radius 2 is 0.371 bits per heavy atom. The molecule has 0 fully saturated rings. The number of nitriles is 4. The molecule has 0 aliphatic carbocycles. The van der Waals surface area contributed by atoms with Crippen LogP contribution in [0, 0.1) is 45.3 Å². The van der Waals surface area contributed by atoms with Crippen LogP contribution in [-0.2, 0) is 0 Å². The van der Waals surface area contributed by atoms with Gasteiger partial charge in [0.2, 0.25) is 0 Å². The summed E-state index contributed by atoms with van der Waals surface area (Å²) < 4.78 is 24.7. The summed E-state index contributed by atoms with van der Waals surface area (Å²) in [5, 5.41) is 37.0. The number of nitrogens with zero attached hydrogens (tertiary/aromatic N) is 4. The highest BCUT2D eigenvalue weighted by Gasteiger charge is 2.18. The van der Waals surface area contributed by atoms with Crippen LogP contribution in [0.2, 0.25) is 0 Å². The van der Waals surface area contributed by atoms with E-state index >= 15 is 0 Å². The molecule has 0 amide bonds. The van der Waals surface area contributed by atoms with Crippen LogP contribution in [0.15, 0.2) is 194 Å². The van der Waals surface area contributed by atoms with Crippen molar-refractivity contribution in [1.82, 2.24) is 0 Å². The lowest BCUT2D eigenvalue weighted by Gasteiger charge is -2.19. The molecule has 0 radical (unpaired) electrons. The molecule has 0 aromatic heterocycles. The Labute approximate surface area is 358 Å². The summed E-state index contributed by atoms with van der Waals surface area (Å²) in [4.78, 5) is 0. The van der Waals surface area contributed by atoms with Gasteiger partial charge in [-0.05, 0) is 179 Å². The van der Waals surface area contributed by atoms with E-state index in [9.17, 15) is 21.0 Å². The molecule has 8 nitrogen and oxygen atoms in total. The van der Waals surface area contributed by atoms with Gasteiger partial charge in [-0.1, -0.05) is 48.5 Å². The van der Waals surface area contributed by atoms with Crippen LogP contribution in [0.3, 0.4) is 0 Å². The van der Waals surface area contributed by atoms with Crippen molar-refractivity contribution in [2.75, 3.05) is 0 Å². The second-order valence-electron chi connectivity index (χ2n) is 13.8. The Kier molecular flexibility index (Phi) is 11.8. The van der Waals surface area contributed by atoms with Crippen molar-refractivity contribution in [2.24, 2.45) is 0 Å². The first-order valence-electron chi connectivity index (χ1n) is 19.3. The van der Waals surface area contributed by atoms with Crippen LogP contribution in [0.4, 0.5) is 0 Å². The number of hydrogen-bond acceptors (Lipinski definition) is 8. The van der Waals surface area contributed by atoms with Crippen LogP contribution >= 0.6 is 0 Å². The van der Waals surface area contributed by atoms with Gasteiger partial charge in [-0.2, -0.15) is 21.0 Å². The van der Waals surface area contributed by atoms with Gasteiger partial charge in [-0.25, -0.2) is 0 Å². The molecule has 292 valence electrons. The first-order chi connectivity index (χ1) is 30.5. The molecule has 0 heterocycles. The largest absolute Gasteiger partial charge is 0.457 e. The molecular weight excluding hydrogens is 769 g/mol. The predicted octanol–water partition coefficient (Wildman–Crippen LogP) is 13.3. The predicted molar refractivity (Wildman–Crippen MR) is 236 cm³/mol. The molecule has 0 atom stereocenters. The van der Waals surface area contributed by atoms with Crippen LogP contribution in [-0.4, -0.2) is 0 Å². The third kappa shape index (κ3) is 9.50. The van der Waals surface area contributed by atoms with E-state index in [0.29, 0.717) is 68.2 Å². The highest BCUT2D eigenvalue weighted by Crippen LogP contribution is 2.40. The zero-order valence-electron chi connectivity index (χ0n) is 32.9. The van der Waals surface area contributed by atoms with Gasteiger partial charge in [0, 0.05) is 0 Å². The van der Waals surface area contributed by atoms with Gasteiger partial charge in [-0.3, -0.25) is 0 Å². The summed E-state index contributed by atoms with van der Waals surface area (Å²) in [6, 6.07) is 67.8. The fourth-order valence-corrected chi connectivity index (χ4v) is 6.60. The first-order valence-corrected chi connectivity index (χ1v) is 19.3. The number of ether oxygens (including phenoxy) is 4. The van der Waals surface area contributed by atoms with Crippen LogP contribution in [0.1, 0.15) is 44.5 Å². The molecule has 62 heavy (non-hydrogen) atoms. The Morgan fingerprint density at radius 1 is 0.226 bits per heavy atom. The molecule has 0 bridgehead atoms. The van der Waals surface area contributed by atoms with E-state index in [2.05, 4.69) is 24.3 Å². The van der Waals surface area contributed by atoms with Gasteiger partial charge in [0.1, 0.15) is 46.0 Å². The van der Waals surface area contributed by atoms with Crippen LogP contribution in [0.5, 0.6) is 46.0 Å². The Bertz CT molecular complexity index is 2600. The minimum absolute atomic E-state index is 0.547. The fourth-order valence-electron chi connectivity index (χ4n) is 6.60. The number of rotatable bonds is 12. The minimum atomic E-state index is 0.547. The van der Waals surface area contributed by atoms with Crippen molar-refractivity contribution in [3.05, 3.63) is 239 Å². The van der Waals surface area contributed by atoms with Gasteiger partial charge in [0.05, 0.1) is 46.5 Å². The molecule has 8 heteroatoms. The molecule has 0 unspecified atom stereocenters. The maximum Gasteiger partial charge on any atom is 0.127 e. The average molecular weight is 801 g/mol. The average Bonchev–Trinajstić information content (AvgIpc) is 3.33. The van der Waals surface area contributed by atoms with Gasteiger partial charge >= 0.3 is 0 Å². The van der Waals surface area contributed by atoms with E-state index in [4.69, 9.17) is 18.9 Å². The van der Waals surface area contributed by atoms with Crippen LogP contribution in [0.25, 0.3) is 11.1 Å². The van der Waals surface area contributed by atoms with E-state index in [1.807, 2.05) is 97.1 Å². The van der Waals surface area contributed by atoms with Crippen molar-refractivity contribution >= 4 is 11.1 Å². The lowest BCUT2D eigenvalue weighted by Crippen LogP contribution is -1.98. The lowest BCUT2D eigenvalue weighted by molar-refractivity contribution is 0.482. The zero-order chi connectivity index (χ0) is 42.7. The maximum atomic E-state index is 9.24. The molecular formula is C54H32N4O4. The molecule has 8 aromatic carbocycles. The standard InChI is InChI=1S/C54H32N4O4/c55-33-37-1-17-45(18-2-37)59-49-25-9-41(10-26-49)53(42-11-27-50(28-12-42)60-46-19-3-38(34-56)4-20-46)54(43-13-29-51(30-14-43)61-47-21-5-39(35-57)6-22-47)44-15-31-52(32-16-44)62-48-23-7-40(36-58)8-24-48/h1-32H. The van der Waals surface area contributed by atoms with Crippen molar-refractivity contribution in [1.29, 1.82) is 21.0 Å². The molecule has 0 aliphatic heterocycles. The number of benzene rings is 8. The van der Waals surface area contributed by atoms with E-state index < -0.39 is 0 Å². The third-order valence-corrected chi connectivity index (χ3v) is 9.70. The molecule has 0 saturated heterocycles. The van der Waals surface area contributed by atoms with Gasteiger partial charge in [0.25, 0.3) is 0 Å². The summed E-state index contributed by atoms with van der Waals surface area (Å²) in [5.74, 6) is 4.93. The minimum Gasteiger partial charge on any atom is -0.457 e. The molecule has 8 rings (SSSR count).